The quantitative estimate of drug-likeness (QED) is 0.392. The molecule has 0 radical (unpaired) electrons. The molecule has 170 valence electrons. The first-order valence-electron chi connectivity index (χ1n) is 10.8. The molecule has 8 nitrogen and oxygen atoms in total. The Morgan fingerprint density at radius 1 is 1.12 bits per heavy atom. The molecule has 3 aromatic rings. The maximum absolute atomic E-state index is 11.9. The number of morpholine rings is 1. The Bertz CT molecular complexity index is 1130. The first-order chi connectivity index (χ1) is 16.1. The van der Waals surface area contributed by atoms with E-state index < -0.39 is 5.97 Å². The Kier molecular flexibility index (Phi) is 6.97. The van der Waals surface area contributed by atoms with E-state index in [-0.39, 0.29) is 5.69 Å². The van der Waals surface area contributed by atoms with Crippen molar-refractivity contribution in [3.63, 3.8) is 0 Å². The zero-order valence-electron chi connectivity index (χ0n) is 18.5. The van der Waals surface area contributed by atoms with E-state index in [2.05, 4.69) is 20.5 Å². The van der Waals surface area contributed by atoms with Gasteiger partial charge in [0.15, 0.2) is 5.69 Å². The number of pyridine rings is 1. The van der Waals surface area contributed by atoms with Gasteiger partial charge in [0.1, 0.15) is 5.82 Å². The predicted molar refractivity (Wildman–Crippen MR) is 130 cm³/mol. The van der Waals surface area contributed by atoms with Crippen LogP contribution in [0.4, 0.5) is 17.2 Å². The highest BCUT2D eigenvalue weighted by Crippen LogP contribution is 2.32. The summed E-state index contributed by atoms with van der Waals surface area (Å²) in [5, 5.41) is 24.6. The van der Waals surface area contributed by atoms with Crippen LogP contribution < -0.4 is 15.5 Å². The number of carbonyl (C=O) groups is 1. The van der Waals surface area contributed by atoms with Crippen molar-refractivity contribution in [2.75, 3.05) is 50.1 Å². The summed E-state index contributed by atoms with van der Waals surface area (Å²) in [5.41, 5.74) is 4.12. The number of ether oxygens (including phenoxy) is 1. The minimum atomic E-state index is -1.12. The molecule has 0 amide bonds. The van der Waals surface area contributed by atoms with Crippen LogP contribution in [0.15, 0.2) is 60.7 Å². The van der Waals surface area contributed by atoms with Crippen molar-refractivity contribution >= 4 is 28.9 Å². The maximum atomic E-state index is 11.9. The Morgan fingerprint density at radius 2 is 1.82 bits per heavy atom. The SMILES string of the molecule is CNCC(=N)c1c(-c2ccc(N3CCOCC3)cc2)cc(C(=O)O)nc1Nc1ccccc1. The minimum absolute atomic E-state index is 0.0818. The third kappa shape index (κ3) is 5.19. The number of carboxylic acids is 1. The molecule has 1 fully saturated rings. The van der Waals surface area contributed by atoms with Gasteiger partial charge in [0, 0.05) is 36.6 Å². The van der Waals surface area contributed by atoms with Crippen molar-refractivity contribution in [1.29, 1.82) is 5.41 Å². The standard InChI is InChI=1S/C25H27N5O3/c1-27-16-21(26)23-20(17-7-9-19(10-8-17)30-11-13-33-14-12-30)15-22(25(31)32)29-24(23)28-18-5-3-2-4-6-18/h2-10,15,26-27H,11-14,16H2,1H3,(H,28,29)(H,31,32). The second-order valence-corrected chi connectivity index (χ2v) is 7.73. The van der Waals surface area contributed by atoms with Crippen LogP contribution in [-0.2, 0) is 4.74 Å². The first-order valence-corrected chi connectivity index (χ1v) is 10.8. The van der Waals surface area contributed by atoms with Gasteiger partial charge in [-0.15, -0.1) is 0 Å². The lowest BCUT2D eigenvalue weighted by Gasteiger charge is -2.29. The highest BCUT2D eigenvalue weighted by atomic mass is 16.5. The van der Waals surface area contributed by atoms with Crippen LogP contribution in [0, 0.1) is 5.41 Å². The zero-order valence-corrected chi connectivity index (χ0v) is 18.5. The molecule has 4 rings (SSSR count). The summed E-state index contributed by atoms with van der Waals surface area (Å²) in [6, 6.07) is 18.9. The van der Waals surface area contributed by atoms with Gasteiger partial charge in [-0.1, -0.05) is 30.3 Å². The summed E-state index contributed by atoms with van der Waals surface area (Å²) < 4.78 is 5.44. The number of carboxylic acid groups (broad SMARTS) is 1. The molecule has 0 atom stereocenters. The monoisotopic (exact) mass is 445 g/mol. The van der Waals surface area contributed by atoms with Crippen LogP contribution >= 0.6 is 0 Å². The Labute approximate surface area is 192 Å². The molecular formula is C25H27N5O3. The Hall–Kier alpha value is -3.75. The Balaban J connectivity index is 1.81. The number of hydrogen-bond acceptors (Lipinski definition) is 7. The smallest absolute Gasteiger partial charge is 0.354 e. The summed E-state index contributed by atoms with van der Waals surface area (Å²) in [7, 11) is 1.77. The second kappa shape index (κ2) is 10.2. The average Bonchev–Trinajstić information content (AvgIpc) is 2.85. The van der Waals surface area contributed by atoms with Gasteiger partial charge in [-0.05, 0) is 48.5 Å². The van der Waals surface area contributed by atoms with Crippen molar-refractivity contribution in [2.45, 2.75) is 0 Å². The van der Waals surface area contributed by atoms with Crippen LogP contribution in [0.25, 0.3) is 11.1 Å². The van der Waals surface area contributed by atoms with Crippen molar-refractivity contribution in [1.82, 2.24) is 10.3 Å². The number of nitrogens with one attached hydrogen (secondary N) is 3. The van der Waals surface area contributed by atoms with Crippen molar-refractivity contribution in [3.05, 3.63) is 71.9 Å². The van der Waals surface area contributed by atoms with Gasteiger partial charge in [0.25, 0.3) is 0 Å². The molecule has 1 aliphatic rings. The average molecular weight is 446 g/mol. The molecule has 4 N–H and O–H groups in total. The van der Waals surface area contributed by atoms with Crippen LogP contribution in [0.2, 0.25) is 0 Å². The summed E-state index contributed by atoms with van der Waals surface area (Å²) >= 11 is 0. The molecule has 2 aromatic carbocycles. The van der Waals surface area contributed by atoms with Gasteiger partial charge in [-0.25, -0.2) is 9.78 Å². The fourth-order valence-electron chi connectivity index (χ4n) is 3.87. The van der Waals surface area contributed by atoms with Gasteiger partial charge in [-0.3, -0.25) is 0 Å². The van der Waals surface area contributed by atoms with Crippen molar-refractivity contribution in [2.24, 2.45) is 0 Å². The Morgan fingerprint density at radius 3 is 2.45 bits per heavy atom. The van der Waals surface area contributed by atoms with E-state index in [0.29, 0.717) is 42.4 Å². The molecule has 2 heterocycles. The zero-order chi connectivity index (χ0) is 23.2. The third-order valence-electron chi connectivity index (χ3n) is 5.48. The molecule has 1 aliphatic heterocycles. The van der Waals surface area contributed by atoms with Gasteiger partial charge in [0.05, 0.1) is 18.9 Å². The van der Waals surface area contributed by atoms with E-state index in [9.17, 15) is 9.90 Å². The lowest BCUT2D eigenvalue weighted by molar-refractivity contribution is 0.0690. The number of aromatic nitrogens is 1. The number of aromatic carboxylic acids is 1. The molecule has 1 saturated heterocycles. The van der Waals surface area contributed by atoms with Crippen molar-refractivity contribution < 1.29 is 14.6 Å². The van der Waals surface area contributed by atoms with Crippen LogP contribution in [0.5, 0.6) is 0 Å². The third-order valence-corrected chi connectivity index (χ3v) is 5.48. The second-order valence-electron chi connectivity index (χ2n) is 7.73. The lowest BCUT2D eigenvalue weighted by atomic mass is 9.95. The van der Waals surface area contributed by atoms with Crippen LogP contribution in [0.1, 0.15) is 16.1 Å². The summed E-state index contributed by atoms with van der Waals surface area (Å²) in [5.74, 6) is -0.780. The highest BCUT2D eigenvalue weighted by Gasteiger charge is 2.21. The minimum Gasteiger partial charge on any atom is -0.477 e. The molecule has 33 heavy (non-hydrogen) atoms. The topological polar surface area (TPSA) is 111 Å². The molecule has 0 spiro atoms. The van der Waals surface area contributed by atoms with E-state index in [1.54, 1.807) is 13.1 Å². The maximum Gasteiger partial charge on any atom is 0.354 e. The van der Waals surface area contributed by atoms with Gasteiger partial charge in [0.2, 0.25) is 0 Å². The predicted octanol–water partition coefficient (Wildman–Crippen LogP) is 3.61. The van der Waals surface area contributed by atoms with Gasteiger partial charge < -0.3 is 30.8 Å². The number of nitrogens with zero attached hydrogens (tertiary/aromatic N) is 2. The number of anilines is 3. The number of benzene rings is 2. The summed E-state index contributed by atoms with van der Waals surface area (Å²) in [4.78, 5) is 18.5. The molecule has 8 heteroatoms. The molecule has 0 aliphatic carbocycles. The van der Waals surface area contributed by atoms with E-state index in [0.717, 1.165) is 30.0 Å². The molecule has 0 unspecified atom stereocenters. The lowest BCUT2D eigenvalue weighted by Crippen LogP contribution is -2.36. The fraction of sp³-hybridized carbons (Fsp3) is 0.240. The van der Waals surface area contributed by atoms with E-state index in [4.69, 9.17) is 10.1 Å². The van der Waals surface area contributed by atoms with E-state index in [1.165, 1.54) is 0 Å². The largest absolute Gasteiger partial charge is 0.477 e. The van der Waals surface area contributed by atoms with Gasteiger partial charge >= 0.3 is 5.97 Å². The number of para-hydroxylation sites is 1. The normalized spacial score (nSPS) is 13.5. The molecular weight excluding hydrogens is 418 g/mol. The summed E-state index contributed by atoms with van der Waals surface area (Å²) in [6.45, 7) is 3.39. The highest BCUT2D eigenvalue weighted by molar-refractivity contribution is 6.10. The first kappa shape index (κ1) is 22.4. The summed E-state index contributed by atoms with van der Waals surface area (Å²) in [6.07, 6.45) is 0. The van der Waals surface area contributed by atoms with Crippen LogP contribution in [-0.4, -0.2) is 61.7 Å². The van der Waals surface area contributed by atoms with Crippen molar-refractivity contribution in [3.8, 4) is 11.1 Å². The fourth-order valence-corrected chi connectivity index (χ4v) is 3.87. The van der Waals surface area contributed by atoms with Crippen LogP contribution in [0.3, 0.4) is 0 Å². The molecule has 0 bridgehead atoms. The van der Waals surface area contributed by atoms with E-state index in [1.807, 2.05) is 54.6 Å². The number of rotatable bonds is 8. The van der Waals surface area contributed by atoms with Gasteiger partial charge in [-0.2, -0.15) is 0 Å². The number of likely N-dealkylation sites (N-methyl/N-ethyl adjacent to an activating group) is 1. The molecule has 0 saturated carbocycles. The van der Waals surface area contributed by atoms with E-state index >= 15 is 0 Å². The number of hydrogen-bond donors (Lipinski definition) is 4. The molecule has 1 aromatic heterocycles.